The first-order chi connectivity index (χ1) is 17.7. The van der Waals surface area contributed by atoms with Gasteiger partial charge in [-0.05, 0) is 29.7 Å². The van der Waals surface area contributed by atoms with Crippen molar-refractivity contribution in [3.63, 3.8) is 0 Å². The summed E-state index contributed by atoms with van der Waals surface area (Å²) < 4.78 is 12.2. The van der Waals surface area contributed by atoms with E-state index in [0.717, 1.165) is 11.3 Å². The van der Waals surface area contributed by atoms with E-state index in [1.807, 2.05) is 26.0 Å². The Bertz CT molecular complexity index is 1560. The number of hydrogen-bond donors (Lipinski definition) is 1. The molecule has 12 heteroatoms. The number of rotatable bonds is 6. The molecule has 4 heterocycles. The highest BCUT2D eigenvalue weighted by Crippen LogP contribution is 2.45. The fourth-order valence-electron chi connectivity index (χ4n) is 4.54. The van der Waals surface area contributed by atoms with Crippen LogP contribution in [-0.4, -0.2) is 44.9 Å². The quantitative estimate of drug-likeness (QED) is 0.381. The zero-order valence-corrected chi connectivity index (χ0v) is 21.8. The van der Waals surface area contributed by atoms with E-state index < -0.39 is 17.5 Å². The van der Waals surface area contributed by atoms with Gasteiger partial charge in [-0.25, -0.2) is 9.67 Å². The first kappa shape index (κ1) is 24.8. The highest BCUT2D eigenvalue weighted by Gasteiger charge is 2.46. The average molecular weight is 541 g/mol. The number of aromatic amines is 1. The molecule has 0 bridgehead atoms. The number of nitrogens with one attached hydrogen (secondary N) is 1. The van der Waals surface area contributed by atoms with E-state index in [9.17, 15) is 9.59 Å². The van der Waals surface area contributed by atoms with Crippen LogP contribution in [-0.2, 0) is 0 Å². The normalized spacial score (nSPS) is 14.8. The van der Waals surface area contributed by atoms with Gasteiger partial charge in [0.05, 0.1) is 37.2 Å². The smallest absolute Gasteiger partial charge is 0.319 e. The molecule has 0 fully saturated rings. The molecule has 0 unspecified atom stereocenters. The van der Waals surface area contributed by atoms with Crippen molar-refractivity contribution in [3.8, 4) is 17.6 Å². The first-order valence-electron chi connectivity index (χ1n) is 11.3. The average Bonchev–Trinajstić information content (AvgIpc) is 3.40. The maximum atomic E-state index is 13.9. The summed E-state index contributed by atoms with van der Waals surface area (Å²) in [6.45, 7) is 3.98. The first-order valence-corrected chi connectivity index (χ1v) is 12.1. The van der Waals surface area contributed by atoms with Crippen molar-refractivity contribution in [2.45, 2.75) is 25.8 Å². The second kappa shape index (κ2) is 9.53. The molecule has 190 valence electrons. The summed E-state index contributed by atoms with van der Waals surface area (Å²) in [6, 6.07) is 8.04. The number of fused-ring (bicyclic) bond motifs is 1. The van der Waals surface area contributed by atoms with Crippen LogP contribution in [0.15, 0.2) is 47.5 Å². The fourth-order valence-corrected chi connectivity index (χ4v) is 4.83. The maximum absolute atomic E-state index is 13.9. The van der Waals surface area contributed by atoms with Crippen molar-refractivity contribution in [3.05, 3.63) is 85.6 Å². The molecular formula is C25H22Cl2N6O4. The molecule has 1 aliphatic heterocycles. The van der Waals surface area contributed by atoms with Crippen molar-refractivity contribution in [2.75, 3.05) is 19.1 Å². The fraction of sp³-hybridized carbons (Fsp3) is 0.240. The number of ether oxygens (including phenoxy) is 2. The highest BCUT2D eigenvalue weighted by molar-refractivity contribution is 6.31. The third-order valence-electron chi connectivity index (χ3n) is 6.07. The molecule has 1 atom stereocenters. The van der Waals surface area contributed by atoms with Crippen LogP contribution in [0.5, 0.6) is 11.9 Å². The van der Waals surface area contributed by atoms with E-state index in [2.05, 4.69) is 15.0 Å². The minimum atomic E-state index is -0.671. The number of carbonyl (C=O) groups is 1. The Hall–Kier alpha value is -3.89. The van der Waals surface area contributed by atoms with Crippen molar-refractivity contribution in [1.29, 1.82) is 0 Å². The van der Waals surface area contributed by atoms with E-state index in [1.165, 1.54) is 37.6 Å². The summed E-state index contributed by atoms with van der Waals surface area (Å²) >= 11 is 12.4. The molecule has 0 aliphatic carbocycles. The van der Waals surface area contributed by atoms with Crippen molar-refractivity contribution in [1.82, 2.24) is 24.7 Å². The lowest BCUT2D eigenvalue weighted by Gasteiger charge is -2.27. The van der Waals surface area contributed by atoms with Crippen LogP contribution in [0.3, 0.4) is 0 Å². The number of benzene rings is 1. The van der Waals surface area contributed by atoms with Gasteiger partial charge < -0.3 is 14.5 Å². The number of amides is 1. The minimum absolute atomic E-state index is 0.0942. The lowest BCUT2D eigenvalue weighted by Crippen LogP contribution is -2.34. The number of hydrogen-bond acceptors (Lipinski definition) is 7. The number of aromatic nitrogens is 5. The van der Waals surface area contributed by atoms with Gasteiger partial charge in [0, 0.05) is 16.8 Å². The highest BCUT2D eigenvalue weighted by atomic mass is 35.5. The number of H-pyrrole nitrogens is 1. The Kier molecular flexibility index (Phi) is 6.38. The third-order valence-corrected chi connectivity index (χ3v) is 6.54. The zero-order valence-electron chi connectivity index (χ0n) is 20.3. The molecule has 0 saturated carbocycles. The summed E-state index contributed by atoms with van der Waals surface area (Å²) in [7, 11) is 2.93. The van der Waals surface area contributed by atoms with Gasteiger partial charge in [-0.2, -0.15) is 10.1 Å². The Balaban J connectivity index is 1.79. The summed E-state index contributed by atoms with van der Waals surface area (Å²) in [5.41, 5.74) is 2.43. The van der Waals surface area contributed by atoms with E-state index in [1.54, 1.807) is 16.8 Å². The van der Waals surface area contributed by atoms with Crippen LogP contribution in [0.4, 0.5) is 5.69 Å². The van der Waals surface area contributed by atoms with Gasteiger partial charge in [0.2, 0.25) is 5.88 Å². The molecule has 10 nitrogen and oxygen atoms in total. The number of pyridine rings is 1. The van der Waals surface area contributed by atoms with Crippen LogP contribution in [0.25, 0.3) is 5.69 Å². The van der Waals surface area contributed by atoms with Crippen LogP contribution in [0.1, 0.15) is 53.1 Å². The van der Waals surface area contributed by atoms with Gasteiger partial charge in [0.1, 0.15) is 11.4 Å². The van der Waals surface area contributed by atoms with Crippen LogP contribution in [0.2, 0.25) is 10.0 Å². The molecule has 3 aromatic heterocycles. The molecule has 0 radical (unpaired) electrons. The van der Waals surface area contributed by atoms with Gasteiger partial charge in [-0.3, -0.25) is 14.5 Å². The Morgan fingerprint density at radius 1 is 1.03 bits per heavy atom. The molecule has 1 amide bonds. The SMILES string of the molecule is COc1ncc(-n2nc3c(c2C(C)C)[C@H](c2ccc(Cl)cc2)N(c2cc(Cl)c[nH]c2=O)C3=O)c(OC)n1. The number of methoxy groups -OCH3 is 2. The standard InChI is InChI=1S/C25H22Cl2N6O4/c1-12(2)20-18-19(31-33(20)17-11-29-25(37-4)30-23(17)36-3)24(35)32(16-9-15(27)10-28-22(16)34)21(18)13-5-7-14(26)8-6-13/h5-12,21H,1-4H3,(H,28,34)/t21-/m0/s1. The van der Waals surface area contributed by atoms with Crippen molar-refractivity contribution < 1.29 is 14.3 Å². The van der Waals surface area contributed by atoms with Crippen molar-refractivity contribution in [2.24, 2.45) is 0 Å². The summed E-state index contributed by atoms with van der Waals surface area (Å²) in [6.07, 6.45) is 2.90. The van der Waals surface area contributed by atoms with Gasteiger partial charge >= 0.3 is 6.01 Å². The summed E-state index contributed by atoms with van der Waals surface area (Å²) in [5.74, 6) is -0.312. The molecule has 0 spiro atoms. The second-order valence-electron chi connectivity index (χ2n) is 8.63. The third kappa shape index (κ3) is 4.11. The van der Waals surface area contributed by atoms with Gasteiger partial charge in [-0.15, -0.1) is 0 Å². The Morgan fingerprint density at radius 2 is 1.76 bits per heavy atom. The molecule has 1 N–H and O–H groups in total. The number of nitrogens with zero attached hydrogens (tertiary/aromatic N) is 5. The van der Waals surface area contributed by atoms with E-state index in [0.29, 0.717) is 16.3 Å². The molecule has 37 heavy (non-hydrogen) atoms. The largest absolute Gasteiger partial charge is 0.479 e. The van der Waals surface area contributed by atoms with Gasteiger partial charge in [0.15, 0.2) is 5.69 Å². The zero-order chi connectivity index (χ0) is 26.4. The monoisotopic (exact) mass is 540 g/mol. The number of carbonyl (C=O) groups excluding carboxylic acids is 1. The second-order valence-corrected chi connectivity index (χ2v) is 9.50. The van der Waals surface area contributed by atoms with Crippen LogP contribution < -0.4 is 19.9 Å². The molecular weight excluding hydrogens is 519 g/mol. The lowest BCUT2D eigenvalue weighted by molar-refractivity contribution is 0.0988. The lowest BCUT2D eigenvalue weighted by atomic mass is 9.94. The molecule has 4 aromatic rings. The maximum Gasteiger partial charge on any atom is 0.319 e. The van der Waals surface area contributed by atoms with Gasteiger partial charge in [0.25, 0.3) is 11.5 Å². The Labute approximate surface area is 221 Å². The van der Waals surface area contributed by atoms with Gasteiger partial charge in [-0.1, -0.05) is 49.2 Å². The van der Waals surface area contributed by atoms with E-state index in [4.69, 9.17) is 37.8 Å². The molecule has 1 aliphatic rings. The predicted molar refractivity (Wildman–Crippen MR) is 139 cm³/mol. The van der Waals surface area contributed by atoms with E-state index in [-0.39, 0.29) is 34.2 Å². The van der Waals surface area contributed by atoms with Crippen molar-refractivity contribution >= 4 is 34.8 Å². The molecule has 5 rings (SSSR count). The van der Waals surface area contributed by atoms with Crippen LogP contribution >= 0.6 is 23.2 Å². The van der Waals surface area contributed by atoms with Crippen LogP contribution in [0, 0.1) is 0 Å². The molecule has 1 aromatic carbocycles. The topological polar surface area (TPSA) is 115 Å². The summed E-state index contributed by atoms with van der Waals surface area (Å²) in [5, 5.41) is 5.53. The molecule has 0 saturated heterocycles. The minimum Gasteiger partial charge on any atom is -0.479 e. The number of halogens is 2. The predicted octanol–water partition coefficient (Wildman–Crippen LogP) is 4.55. The van der Waals surface area contributed by atoms with E-state index >= 15 is 0 Å². The Morgan fingerprint density at radius 3 is 2.41 bits per heavy atom. The number of anilines is 1. The summed E-state index contributed by atoms with van der Waals surface area (Å²) in [4.78, 5) is 39.3.